The fraction of sp³-hybridized carbons (Fsp3) is 0.357. The van der Waals surface area contributed by atoms with Gasteiger partial charge in [0.2, 0.25) is 11.2 Å². The van der Waals surface area contributed by atoms with E-state index in [0.29, 0.717) is 19.1 Å². The van der Waals surface area contributed by atoms with Gasteiger partial charge >= 0.3 is 6.01 Å². The van der Waals surface area contributed by atoms with Crippen LogP contribution in [0.5, 0.6) is 6.01 Å². The van der Waals surface area contributed by atoms with E-state index in [-0.39, 0.29) is 17.1 Å². The zero-order chi connectivity index (χ0) is 15.2. The van der Waals surface area contributed by atoms with Gasteiger partial charge in [-0.05, 0) is 35.7 Å². The molecule has 0 bridgehead atoms. The second-order valence-electron chi connectivity index (χ2n) is 4.52. The van der Waals surface area contributed by atoms with Gasteiger partial charge in [0, 0.05) is 13.6 Å². The van der Waals surface area contributed by atoms with Gasteiger partial charge in [0.05, 0.1) is 6.61 Å². The Morgan fingerprint density at radius 3 is 2.57 bits per heavy atom. The molecule has 0 amide bonds. The Hall–Kier alpha value is -1.95. The number of hydrogen-bond acceptors (Lipinski definition) is 5. The van der Waals surface area contributed by atoms with Crippen molar-refractivity contribution in [2.45, 2.75) is 19.9 Å². The average molecular weight is 311 g/mol. The van der Waals surface area contributed by atoms with Crippen LogP contribution in [0.4, 0.5) is 10.3 Å². The Morgan fingerprint density at radius 2 is 1.90 bits per heavy atom. The van der Waals surface area contributed by atoms with Gasteiger partial charge in [0.15, 0.2) is 0 Å². The predicted octanol–water partition coefficient (Wildman–Crippen LogP) is 3.09. The molecule has 0 saturated carbocycles. The highest BCUT2D eigenvalue weighted by Gasteiger charge is 2.11. The third-order valence-electron chi connectivity index (χ3n) is 2.69. The number of ether oxygens (including phenoxy) is 1. The van der Waals surface area contributed by atoms with Crippen LogP contribution in [0.2, 0.25) is 5.28 Å². The molecule has 7 heteroatoms. The summed E-state index contributed by atoms with van der Waals surface area (Å²) in [4.78, 5) is 14.0. The van der Waals surface area contributed by atoms with E-state index in [0.717, 1.165) is 12.0 Å². The van der Waals surface area contributed by atoms with Crippen LogP contribution in [0.1, 0.15) is 18.9 Å². The summed E-state index contributed by atoms with van der Waals surface area (Å²) in [6, 6.07) is 6.46. The molecular formula is C14H16ClFN4O. The normalized spacial score (nSPS) is 10.5. The molecule has 0 fully saturated rings. The van der Waals surface area contributed by atoms with E-state index in [9.17, 15) is 4.39 Å². The summed E-state index contributed by atoms with van der Waals surface area (Å²) < 4.78 is 18.3. The lowest BCUT2D eigenvalue weighted by atomic mass is 10.2. The molecule has 1 heterocycles. The van der Waals surface area contributed by atoms with Crippen molar-refractivity contribution in [2.75, 3.05) is 18.6 Å². The lowest BCUT2D eigenvalue weighted by molar-refractivity contribution is 0.291. The molecule has 5 nitrogen and oxygen atoms in total. The number of halogens is 2. The van der Waals surface area contributed by atoms with E-state index in [1.54, 1.807) is 17.0 Å². The van der Waals surface area contributed by atoms with Crippen molar-refractivity contribution >= 4 is 17.5 Å². The van der Waals surface area contributed by atoms with Crippen molar-refractivity contribution in [1.29, 1.82) is 0 Å². The van der Waals surface area contributed by atoms with Gasteiger partial charge in [0.25, 0.3) is 0 Å². The van der Waals surface area contributed by atoms with Crippen molar-refractivity contribution in [3.63, 3.8) is 0 Å². The van der Waals surface area contributed by atoms with Gasteiger partial charge in [-0.25, -0.2) is 4.39 Å². The summed E-state index contributed by atoms with van der Waals surface area (Å²) in [6.07, 6.45) is 0.851. The third-order valence-corrected chi connectivity index (χ3v) is 2.85. The Balaban J connectivity index is 2.12. The minimum Gasteiger partial charge on any atom is -0.463 e. The quantitative estimate of drug-likeness (QED) is 0.820. The van der Waals surface area contributed by atoms with Crippen molar-refractivity contribution in [3.05, 3.63) is 40.9 Å². The summed E-state index contributed by atoms with van der Waals surface area (Å²) in [5, 5.41) is 0.0806. The van der Waals surface area contributed by atoms with Crippen molar-refractivity contribution in [3.8, 4) is 6.01 Å². The Morgan fingerprint density at radius 1 is 1.19 bits per heavy atom. The zero-order valence-corrected chi connectivity index (χ0v) is 12.6. The number of anilines is 1. The highest BCUT2D eigenvalue weighted by atomic mass is 35.5. The number of rotatable bonds is 6. The Labute approximate surface area is 127 Å². The fourth-order valence-electron chi connectivity index (χ4n) is 1.68. The lowest BCUT2D eigenvalue weighted by Gasteiger charge is -2.17. The molecule has 0 aliphatic rings. The van der Waals surface area contributed by atoms with E-state index >= 15 is 0 Å². The monoisotopic (exact) mass is 310 g/mol. The number of aromatic nitrogens is 3. The number of benzene rings is 1. The van der Waals surface area contributed by atoms with Crippen LogP contribution in [0.3, 0.4) is 0 Å². The van der Waals surface area contributed by atoms with E-state index < -0.39 is 0 Å². The molecule has 112 valence electrons. The van der Waals surface area contributed by atoms with E-state index in [1.807, 2.05) is 14.0 Å². The minimum atomic E-state index is -0.264. The molecular weight excluding hydrogens is 295 g/mol. The van der Waals surface area contributed by atoms with Gasteiger partial charge in [-0.2, -0.15) is 15.0 Å². The van der Waals surface area contributed by atoms with E-state index in [2.05, 4.69) is 15.0 Å². The smallest absolute Gasteiger partial charge is 0.322 e. The van der Waals surface area contributed by atoms with E-state index in [4.69, 9.17) is 16.3 Å². The van der Waals surface area contributed by atoms with Crippen molar-refractivity contribution in [2.24, 2.45) is 0 Å². The summed E-state index contributed by atoms with van der Waals surface area (Å²) >= 11 is 5.88. The van der Waals surface area contributed by atoms with Crippen LogP contribution in [0, 0.1) is 5.82 Å². The molecule has 0 N–H and O–H groups in total. The summed E-state index contributed by atoms with van der Waals surface area (Å²) in [7, 11) is 1.82. The minimum absolute atomic E-state index is 0.0806. The predicted molar refractivity (Wildman–Crippen MR) is 79.1 cm³/mol. The van der Waals surface area contributed by atoms with Gasteiger partial charge in [-0.3, -0.25) is 0 Å². The molecule has 2 aromatic rings. The standard InChI is InChI=1S/C14H16ClFN4O/c1-3-8-21-14-18-12(15)17-13(19-14)20(2)9-10-4-6-11(16)7-5-10/h4-7H,3,8-9H2,1-2H3. The second kappa shape index (κ2) is 7.17. The number of hydrogen-bond donors (Lipinski definition) is 0. The van der Waals surface area contributed by atoms with Crippen LogP contribution < -0.4 is 9.64 Å². The average Bonchev–Trinajstić information content (AvgIpc) is 2.47. The summed E-state index contributed by atoms with van der Waals surface area (Å²) in [5.41, 5.74) is 0.937. The third kappa shape index (κ3) is 4.53. The summed E-state index contributed by atoms with van der Waals surface area (Å²) in [5.74, 6) is 0.144. The first-order valence-corrected chi connectivity index (χ1v) is 6.96. The first-order chi connectivity index (χ1) is 10.1. The zero-order valence-electron chi connectivity index (χ0n) is 11.9. The molecule has 0 spiro atoms. The van der Waals surface area contributed by atoms with Crippen molar-refractivity contribution in [1.82, 2.24) is 15.0 Å². The fourth-order valence-corrected chi connectivity index (χ4v) is 1.83. The Bertz CT molecular complexity index is 594. The van der Waals surface area contributed by atoms with Gasteiger partial charge in [-0.1, -0.05) is 19.1 Å². The Kier molecular flexibility index (Phi) is 5.27. The molecule has 0 radical (unpaired) electrons. The maximum absolute atomic E-state index is 12.9. The van der Waals surface area contributed by atoms with Crippen LogP contribution in [0.25, 0.3) is 0 Å². The molecule has 0 aliphatic heterocycles. The number of nitrogens with zero attached hydrogens (tertiary/aromatic N) is 4. The molecule has 21 heavy (non-hydrogen) atoms. The van der Waals surface area contributed by atoms with Crippen LogP contribution >= 0.6 is 11.6 Å². The maximum atomic E-state index is 12.9. The van der Waals surface area contributed by atoms with Gasteiger partial charge < -0.3 is 9.64 Å². The topological polar surface area (TPSA) is 51.1 Å². The molecule has 0 atom stereocenters. The molecule has 0 aliphatic carbocycles. The van der Waals surface area contributed by atoms with E-state index in [1.165, 1.54) is 12.1 Å². The molecule has 2 rings (SSSR count). The highest BCUT2D eigenvalue weighted by Crippen LogP contribution is 2.16. The first-order valence-electron chi connectivity index (χ1n) is 6.58. The maximum Gasteiger partial charge on any atom is 0.322 e. The van der Waals surface area contributed by atoms with Crippen LogP contribution in [-0.2, 0) is 6.54 Å². The van der Waals surface area contributed by atoms with Crippen LogP contribution in [-0.4, -0.2) is 28.6 Å². The first kappa shape index (κ1) is 15.4. The van der Waals surface area contributed by atoms with Crippen LogP contribution in [0.15, 0.2) is 24.3 Å². The second-order valence-corrected chi connectivity index (χ2v) is 4.86. The SMILES string of the molecule is CCCOc1nc(Cl)nc(N(C)Cc2ccc(F)cc2)n1. The molecule has 0 saturated heterocycles. The van der Waals surface area contributed by atoms with Crippen molar-refractivity contribution < 1.29 is 9.13 Å². The molecule has 1 aromatic carbocycles. The largest absolute Gasteiger partial charge is 0.463 e. The molecule has 0 unspecified atom stereocenters. The van der Waals surface area contributed by atoms with Gasteiger partial charge in [0.1, 0.15) is 5.82 Å². The lowest BCUT2D eigenvalue weighted by Crippen LogP contribution is -2.20. The molecule has 1 aromatic heterocycles. The summed E-state index contributed by atoms with van der Waals surface area (Å²) in [6.45, 7) is 3.03. The highest BCUT2D eigenvalue weighted by molar-refractivity contribution is 6.28. The van der Waals surface area contributed by atoms with Gasteiger partial charge in [-0.15, -0.1) is 0 Å².